The van der Waals surface area contributed by atoms with E-state index in [0.717, 1.165) is 6.07 Å². The number of halogens is 1. The lowest BCUT2D eigenvalue weighted by Gasteiger charge is -2.11. The largest absolute Gasteiger partial charge is 0.394 e. The second kappa shape index (κ2) is 6.13. The summed E-state index contributed by atoms with van der Waals surface area (Å²) in [4.78, 5) is -0.261. The number of hydrogen-bond donors (Lipinski definition) is 3. The Kier molecular flexibility index (Phi) is 5.07. The number of benzene rings is 1. The second-order valence-corrected chi connectivity index (χ2v) is 5.61. The van der Waals surface area contributed by atoms with Crippen LogP contribution in [-0.4, -0.2) is 37.9 Å². The highest BCUT2D eigenvalue weighted by Gasteiger charge is 2.20. The molecule has 6 nitrogen and oxygen atoms in total. The van der Waals surface area contributed by atoms with Gasteiger partial charge in [-0.25, -0.2) is 13.1 Å². The first kappa shape index (κ1) is 14.9. The van der Waals surface area contributed by atoms with Gasteiger partial charge in [-0.05, 0) is 18.2 Å². The Morgan fingerprint density at radius 3 is 2.72 bits per heavy atom. The average Bonchev–Trinajstić information content (AvgIpc) is 2.36. The SMILES string of the molecule is N#Cc1ccc(Cl)cc1S(=O)(=O)NCC(O)CO. The predicted molar refractivity (Wildman–Crippen MR) is 64.4 cm³/mol. The molecule has 1 unspecified atom stereocenters. The van der Waals surface area contributed by atoms with Crippen molar-refractivity contribution < 1.29 is 18.6 Å². The van der Waals surface area contributed by atoms with Crippen molar-refractivity contribution in [3.05, 3.63) is 28.8 Å². The van der Waals surface area contributed by atoms with E-state index in [0.29, 0.717) is 0 Å². The third-order valence-corrected chi connectivity index (χ3v) is 3.77. The van der Waals surface area contributed by atoms with Crippen molar-refractivity contribution >= 4 is 21.6 Å². The van der Waals surface area contributed by atoms with E-state index in [1.165, 1.54) is 12.1 Å². The minimum Gasteiger partial charge on any atom is -0.394 e. The highest BCUT2D eigenvalue weighted by atomic mass is 35.5. The van der Waals surface area contributed by atoms with Crippen molar-refractivity contribution in [3.63, 3.8) is 0 Å². The van der Waals surface area contributed by atoms with Crippen LogP contribution in [0.1, 0.15) is 5.56 Å². The standard InChI is InChI=1S/C10H11ClN2O4S/c11-8-2-1-7(4-12)10(3-8)18(16,17)13-5-9(15)6-14/h1-3,9,13-15H,5-6H2. The maximum absolute atomic E-state index is 11.9. The Balaban J connectivity index is 3.05. The highest BCUT2D eigenvalue weighted by Crippen LogP contribution is 2.20. The third-order valence-electron chi connectivity index (χ3n) is 2.07. The molecule has 1 aromatic carbocycles. The number of nitrogens with zero attached hydrogens (tertiary/aromatic N) is 1. The van der Waals surface area contributed by atoms with E-state index in [1.807, 2.05) is 0 Å². The molecule has 8 heteroatoms. The Hall–Kier alpha value is -1.17. The lowest BCUT2D eigenvalue weighted by atomic mass is 10.2. The van der Waals surface area contributed by atoms with E-state index < -0.39 is 22.7 Å². The zero-order valence-corrected chi connectivity index (χ0v) is 10.7. The minimum absolute atomic E-state index is 0.0506. The van der Waals surface area contributed by atoms with Gasteiger partial charge < -0.3 is 10.2 Å². The van der Waals surface area contributed by atoms with Crippen molar-refractivity contribution in [2.75, 3.05) is 13.2 Å². The summed E-state index contributed by atoms with van der Waals surface area (Å²) in [5, 5.41) is 26.7. The number of hydrogen-bond acceptors (Lipinski definition) is 5. The van der Waals surface area contributed by atoms with E-state index in [2.05, 4.69) is 4.72 Å². The summed E-state index contributed by atoms with van der Waals surface area (Å²) in [5.74, 6) is 0. The van der Waals surface area contributed by atoms with Crippen LogP contribution >= 0.6 is 11.6 Å². The molecular weight excluding hydrogens is 280 g/mol. The van der Waals surface area contributed by atoms with E-state index in [-0.39, 0.29) is 22.0 Å². The molecule has 18 heavy (non-hydrogen) atoms. The fourth-order valence-electron chi connectivity index (χ4n) is 1.16. The maximum Gasteiger partial charge on any atom is 0.242 e. The first-order chi connectivity index (χ1) is 8.40. The summed E-state index contributed by atoms with van der Waals surface area (Å²) >= 11 is 5.68. The number of sulfonamides is 1. The van der Waals surface area contributed by atoms with Crippen LogP contribution in [0.4, 0.5) is 0 Å². The summed E-state index contributed by atoms with van der Waals surface area (Å²) in [7, 11) is -3.96. The Labute approximate surface area is 109 Å². The highest BCUT2D eigenvalue weighted by molar-refractivity contribution is 7.89. The van der Waals surface area contributed by atoms with Crippen LogP contribution in [0.3, 0.4) is 0 Å². The zero-order chi connectivity index (χ0) is 13.8. The van der Waals surface area contributed by atoms with Gasteiger partial charge in [0.25, 0.3) is 0 Å². The lowest BCUT2D eigenvalue weighted by molar-refractivity contribution is 0.0988. The molecule has 1 aromatic rings. The Morgan fingerprint density at radius 1 is 1.50 bits per heavy atom. The molecule has 98 valence electrons. The summed E-state index contributed by atoms with van der Waals surface area (Å²) in [6.07, 6.45) is -1.20. The van der Waals surface area contributed by atoms with Gasteiger partial charge in [0.1, 0.15) is 11.0 Å². The van der Waals surface area contributed by atoms with E-state index in [1.54, 1.807) is 6.07 Å². The Morgan fingerprint density at radius 2 is 2.17 bits per heavy atom. The first-order valence-electron chi connectivity index (χ1n) is 4.89. The van der Waals surface area contributed by atoms with Gasteiger partial charge in [-0.15, -0.1) is 0 Å². The van der Waals surface area contributed by atoms with Gasteiger partial charge in [0.05, 0.1) is 18.3 Å². The molecule has 0 fully saturated rings. The minimum atomic E-state index is -3.96. The molecule has 0 heterocycles. The average molecular weight is 291 g/mol. The normalized spacial score (nSPS) is 13.0. The fourth-order valence-corrected chi connectivity index (χ4v) is 2.65. The molecule has 0 saturated heterocycles. The van der Waals surface area contributed by atoms with E-state index in [9.17, 15) is 8.42 Å². The van der Waals surface area contributed by atoms with Crippen LogP contribution < -0.4 is 4.72 Å². The van der Waals surface area contributed by atoms with Gasteiger partial charge >= 0.3 is 0 Å². The van der Waals surface area contributed by atoms with Crippen LogP contribution in [0.25, 0.3) is 0 Å². The van der Waals surface area contributed by atoms with Gasteiger partial charge in [-0.1, -0.05) is 11.6 Å². The van der Waals surface area contributed by atoms with Crippen molar-refractivity contribution in [1.82, 2.24) is 4.72 Å². The third kappa shape index (κ3) is 3.66. The van der Waals surface area contributed by atoms with Crippen LogP contribution in [0, 0.1) is 11.3 Å². The van der Waals surface area contributed by atoms with Gasteiger partial charge in [0.15, 0.2) is 0 Å². The van der Waals surface area contributed by atoms with Gasteiger partial charge in [-0.3, -0.25) is 0 Å². The van der Waals surface area contributed by atoms with Crippen LogP contribution in [0.5, 0.6) is 0 Å². The van der Waals surface area contributed by atoms with Crippen LogP contribution in [0.2, 0.25) is 5.02 Å². The second-order valence-electron chi connectivity index (χ2n) is 3.44. The smallest absolute Gasteiger partial charge is 0.242 e. The molecule has 0 aliphatic heterocycles. The number of nitriles is 1. The molecule has 0 aliphatic carbocycles. The molecule has 0 spiro atoms. The molecule has 1 atom stereocenters. The number of aliphatic hydroxyl groups is 2. The van der Waals surface area contributed by atoms with Gasteiger partial charge in [-0.2, -0.15) is 5.26 Å². The summed E-state index contributed by atoms with van der Waals surface area (Å²) in [6, 6.07) is 5.58. The van der Waals surface area contributed by atoms with Crippen molar-refractivity contribution in [3.8, 4) is 6.07 Å². The summed E-state index contributed by atoms with van der Waals surface area (Å²) in [5.41, 5.74) is -0.0506. The summed E-state index contributed by atoms with van der Waals surface area (Å²) in [6.45, 7) is -0.917. The molecule has 0 amide bonds. The quantitative estimate of drug-likeness (QED) is 0.698. The number of rotatable bonds is 5. The first-order valence-corrected chi connectivity index (χ1v) is 6.75. The van der Waals surface area contributed by atoms with Gasteiger partial charge in [0.2, 0.25) is 10.0 Å². The zero-order valence-electron chi connectivity index (χ0n) is 9.17. The molecular formula is C10H11ClN2O4S. The fraction of sp³-hybridized carbons (Fsp3) is 0.300. The topological polar surface area (TPSA) is 110 Å². The van der Waals surface area contributed by atoms with Crippen LogP contribution in [0.15, 0.2) is 23.1 Å². The van der Waals surface area contributed by atoms with E-state index in [4.69, 9.17) is 27.1 Å². The maximum atomic E-state index is 11.9. The monoisotopic (exact) mass is 290 g/mol. The molecule has 0 radical (unpaired) electrons. The molecule has 0 aromatic heterocycles. The molecule has 1 rings (SSSR count). The number of nitrogens with one attached hydrogen (secondary N) is 1. The number of aliphatic hydroxyl groups excluding tert-OH is 2. The van der Waals surface area contributed by atoms with Crippen molar-refractivity contribution in [2.45, 2.75) is 11.0 Å². The molecule has 3 N–H and O–H groups in total. The molecule has 0 saturated carbocycles. The summed E-state index contributed by atoms with van der Waals surface area (Å²) < 4.78 is 25.8. The lowest BCUT2D eigenvalue weighted by Crippen LogP contribution is -2.34. The van der Waals surface area contributed by atoms with Crippen LogP contribution in [-0.2, 0) is 10.0 Å². The predicted octanol–water partition coefficient (Wildman–Crippen LogP) is -0.157. The molecule has 0 bridgehead atoms. The Bertz CT molecular complexity index is 568. The van der Waals surface area contributed by atoms with Crippen molar-refractivity contribution in [2.24, 2.45) is 0 Å². The van der Waals surface area contributed by atoms with E-state index >= 15 is 0 Å². The van der Waals surface area contributed by atoms with Crippen molar-refractivity contribution in [1.29, 1.82) is 5.26 Å². The molecule has 0 aliphatic rings. The van der Waals surface area contributed by atoms with Gasteiger partial charge in [0, 0.05) is 11.6 Å².